The summed E-state index contributed by atoms with van der Waals surface area (Å²) in [6.07, 6.45) is 5.33. The van der Waals surface area contributed by atoms with Gasteiger partial charge in [-0.05, 0) is 44.6 Å². The zero-order valence-electron chi connectivity index (χ0n) is 15.4. The first-order valence-corrected chi connectivity index (χ1v) is 9.66. The van der Waals surface area contributed by atoms with Gasteiger partial charge >= 0.3 is 5.69 Å². The summed E-state index contributed by atoms with van der Waals surface area (Å²) in [7, 11) is 0. The van der Waals surface area contributed by atoms with Crippen molar-refractivity contribution in [3.8, 4) is 0 Å². The van der Waals surface area contributed by atoms with Crippen molar-refractivity contribution in [3.63, 3.8) is 0 Å². The summed E-state index contributed by atoms with van der Waals surface area (Å²) in [5, 5.41) is 4.54. The predicted octanol–water partition coefficient (Wildman–Crippen LogP) is 2.10. The van der Waals surface area contributed by atoms with E-state index in [1.807, 2.05) is 4.90 Å². The summed E-state index contributed by atoms with van der Waals surface area (Å²) in [6.45, 7) is 4.25. The summed E-state index contributed by atoms with van der Waals surface area (Å²) >= 11 is 0. The van der Waals surface area contributed by atoms with Crippen LogP contribution < -0.4 is 5.69 Å². The highest BCUT2D eigenvalue weighted by Crippen LogP contribution is 2.25. The minimum absolute atomic E-state index is 0.101. The van der Waals surface area contributed by atoms with Crippen LogP contribution in [0, 0.1) is 6.92 Å². The molecule has 0 spiro atoms. The van der Waals surface area contributed by atoms with Gasteiger partial charge in [0, 0.05) is 19.5 Å². The van der Waals surface area contributed by atoms with Crippen LogP contribution in [-0.2, 0) is 24.2 Å². The Labute approximate surface area is 153 Å². The SMILES string of the molecule is Cc1ccc(CCn2nc3n(c2=O)[C@H](C(=O)N2CCCC2)CCC3)cc1. The van der Waals surface area contributed by atoms with Crippen molar-refractivity contribution in [2.75, 3.05) is 13.1 Å². The zero-order valence-corrected chi connectivity index (χ0v) is 15.4. The van der Waals surface area contributed by atoms with Crippen molar-refractivity contribution in [3.05, 3.63) is 51.7 Å². The van der Waals surface area contributed by atoms with E-state index in [2.05, 4.69) is 36.3 Å². The first-order chi connectivity index (χ1) is 12.6. The monoisotopic (exact) mass is 354 g/mol. The third-order valence-electron chi connectivity index (χ3n) is 5.57. The second-order valence-electron chi connectivity index (χ2n) is 7.47. The standard InChI is InChI=1S/C20H26N4O2/c1-15-7-9-16(10-8-15)11-14-23-20(26)24-17(5-4-6-18(24)21-23)19(25)22-12-2-3-13-22/h7-10,17H,2-6,11-14H2,1H3/t17-/m0/s1. The van der Waals surface area contributed by atoms with Gasteiger partial charge < -0.3 is 4.90 Å². The Bertz CT molecular complexity index is 844. The van der Waals surface area contributed by atoms with E-state index in [1.54, 1.807) is 9.25 Å². The minimum atomic E-state index is -0.363. The van der Waals surface area contributed by atoms with Crippen molar-refractivity contribution in [2.45, 2.75) is 58.0 Å². The predicted molar refractivity (Wildman–Crippen MR) is 99.2 cm³/mol. The van der Waals surface area contributed by atoms with Crippen LogP contribution in [0.5, 0.6) is 0 Å². The molecule has 1 amide bonds. The number of nitrogens with zero attached hydrogens (tertiary/aromatic N) is 4. The first kappa shape index (κ1) is 17.1. The fourth-order valence-corrected chi connectivity index (χ4v) is 4.05. The van der Waals surface area contributed by atoms with Crippen LogP contribution in [-0.4, -0.2) is 38.2 Å². The van der Waals surface area contributed by atoms with Gasteiger partial charge in [-0.15, -0.1) is 0 Å². The Kier molecular flexibility index (Phi) is 4.66. The number of rotatable bonds is 4. The number of aromatic nitrogens is 3. The number of carbonyl (C=O) groups excluding carboxylic acids is 1. The van der Waals surface area contributed by atoms with Gasteiger partial charge in [0.25, 0.3) is 0 Å². The van der Waals surface area contributed by atoms with E-state index in [-0.39, 0.29) is 17.6 Å². The molecular formula is C20H26N4O2. The number of aryl methyl sites for hydroxylation is 4. The molecule has 2 aromatic rings. The number of benzene rings is 1. The van der Waals surface area contributed by atoms with Crippen LogP contribution in [0.1, 0.15) is 48.7 Å². The number of fused-ring (bicyclic) bond motifs is 1. The zero-order chi connectivity index (χ0) is 18.1. The molecule has 0 aliphatic carbocycles. The Morgan fingerprint density at radius 1 is 1.15 bits per heavy atom. The molecule has 1 saturated heterocycles. The van der Waals surface area contributed by atoms with Crippen molar-refractivity contribution < 1.29 is 4.79 Å². The van der Waals surface area contributed by atoms with Crippen LogP contribution in [0.3, 0.4) is 0 Å². The van der Waals surface area contributed by atoms with Gasteiger partial charge in [0.05, 0.1) is 6.54 Å². The lowest BCUT2D eigenvalue weighted by Crippen LogP contribution is -2.41. The van der Waals surface area contributed by atoms with Crippen LogP contribution in [0.4, 0.5) is 0 Å². The molecule has 26 heavy (non-hydrogen) atoms. The van der Waals surface area contributed by atoms with Crippen LogP contribution >= 0.6 is 0 Å². The molecule has 0 N–H and O–H groups in total. The number of likely N-dealkylation sites (tertiary alicyclic amines) is 1. The van der Waals surface area contributed by atoms with Gasteiger partial charge in [0.15, 0.2) is 0 Å². The van der Waals surface area contributed by atoms with E-state index in [4.69, 9.17) is 0 Å². The molecule has 0 unspecified atom stereocenters. The lowest BCUT2D eigenvalue weighted by molar-refractivity contribution is -0.134. The molecule has 1 atom stereocenters. The highest BCUT2D eigenvalue weighted by atomic mass is 16.2. The first-order valence-electron chi connectivity index (χ1n) is 9.66. The molecule has 138 valence electrons. The lowest BCUT2D eigenvalue weighted by Gasteiger charge is -2.27. The van der Waals surface area contributed by atoms with Crippen LogP contribution in [0.2, 0.25) is 0 Å². The van der Waals surface area contributed by atoms with E-state index in [9.17, 15) is 9.59 Å². The molecule has 1 aromatic carbocycles. The molecule has 1 fully saturated rings. The summed E-state index contributed by atoms with van der Waals surface area (Å²) in [6, 6.07) is 7.99. The maximum Gasteiger partial charge on any atom is 0.346 e. The Balaban J connectivity index is 1.54. The van der Waals surface area contributed by atoms with E-state index >= 15 is 0 Å². The smallest absolute Gasteiger partial charge is 0.341 e. The molecule has 2 aliphatic heterocycles. The topological polar surface area (TPSA) is 60.1 Å². The fraction of sp³-hybridized carbons (Fsp3) is 0.550. The maximum absolute atomic E-state index is 12.9. The van der Waals surface area contributed by atoms with Gasteiger partial charge in [0.1, 0.15) is 11.9 Å². The number of hydrogen-bond acceptors (Lipinski definition) is 3. The Hall–Kier alpha value is -2.37. The van der Waals surface area contributed by atoms with E-state index < -0.39 is 0 Å². The van der Waals surface area contributed by atoms with Gasteiger partial charge in [-0.25, -0.2) is 9.48 Å². The Morgan fingerprint density at radius 3 is 2.62 bits per heavy atom. The summed E-state index contributed by atoms with van der Waals surface area (Å²) in [4.78, 5) is 27.7. The largest absolute Gasteiger partial charge is 0.346 e. The molecule has 0 bridgehead atoms. The number of hydrogen-bond donors (Lipinski definition) is 0. The normalized spacial score (nSPS) is 19.6. The average molecular weight is 354 g/mol. The summed E-state index contributed by atoms with van der Waals surface area (Å²) < 4.78 is 3.21. The Morgan fingerprint density at radius 2 is 1.88 bits per heavy atom. The highest BCUT2D eigenvalue weighted by Gasteiger charge is 2.33. The van der Waals surface area contributed by atoms with Crippen molar-refractivity contribution in [1.82, 2.24) is 19.2 Å². The number of carbonyl (C=O) groups is 1. The van der Waals surface area contributed by atoms with E-state index in [0.717, 1.165) is 57.4 Å². The average Bonchev–Trinajstić information content (AvgIpc) is 3.29. The molecule has 4 rings (SSSR count). The van der Waals surface area contributed by atoms with Crippen LogP contribution in [0.25, 0.3) is 0 Å². The lowest BCUT2D eigenvalue weighted by atomic mass is 10.0. The molecule has 1 aromatic heterocycles. The van der Waals surface area contributed by atoms with Crippen molar-refractivity contribution in [1.29, 1.82) is 0 Å². The van der Waals surface area contributed by atoms with Gasteiger partial charge in [-0.1, -0.05) is 29.8 Å². The summed E-state index contributed by atoms with van der Waals surface area (Å²) in [5.74, 6) is 0.867. The minimum Gasteiger partial charge on any atom is -0.341 e. The molecular weight excluding hydrogens is 328 g/mol. The second-order valence-corrected chi connectivity index (χ2v) is 7.47. The maximum atomic E-state index is 12.9. The molecule has 0 saturated carbocycles. The highest BCUT2D eigenvalue weighted by molar-refractivity contribution is 5.80. The van der Waals surface area contributed by atoms with E-state index in [1.165, 1.54) is 11.1 Å². The third kappa shape index (κ3) is 3.20. The molecule has 2 aliphatic rings. The fourth-order valence-electron chi connectivity index (χ4n) is 4.05. The molecule has 6 heteroatoms. The molecule has 3 heterocycles. The molecule has 6 nitrogen and oxygen atoms in total. The molecule has 0 radical (unpaired) electrons. The van der Waals surface area contributed by atoms with E-state index in [0.29, 0.717) is 6.54 Å². The number of amides is 1. The van der Waals surface area contributed by atoms with Gasteiger partial charge in [-0.2, -0.15) is 5.10 Å². The van der Waals surface area contributed by atoms with Gasteiger partial charge in [-0.3, -0.25) is 9.36 Å². The quantitative estimate of drug-likeness (QED) is 0.845. The van der Waals surface area contributed by atoms with Gasteiger partial charge in [0.2, 0.25) is 5.91 Å². The van der Waals surface area contributed by atoms with Crippen LogP contribution in [0.15, 0.2) is 29.1 Å². The van der Waals surface area contributed by atoms with Crippen molar-refractivity contribution in [2.24, 2.45) is 0 Å². The van der Waals surface area contributed by atoms with Crippen molar-refractivity contribution >= 4 is 5.91 Å². The second kappa shape index (κ2) is 7.09. The third-order valence-corrected chi connectivity index (χ3v) is 5.57. The summed E-state index contributed by atoms with van der Waals surface area (Å²) in [5.41, 5.74) is 2.29.